The molecular weight excluding hydrogens is 358 g/mol. The van der Waals surface area contributed by atoms with E-state index in [2.05, 4.69) is 5.32 Å². The lowest BCUT2D eigenvalue weighted by Crippen LogP contribution is -2.33. The minimum Gasteiger partial charge on any atom is -0.497 e. The van der Waals surface area contributed by atoms with Crippen LogP contribution in [-0.2, 0) is 16.0 Å². The Balaban J connectivity index is 2.03. The largest absolute Gasteiger partial charge is 0.497 e. The zero-order valence-corrected chi connectivity index (χ0v) is 15.2. The second-order valence-corrected chi connectivity index (χ2v) is 5.99. The van der Waals surface area contributed by atoms with Gasteiger partial charge in [-0.05, 0) is 41.8 Å². The van der Waals surface area contributed by atoms with Crippen LogP contribution in [0.3, 0.4) is 0 Å². The first-order chi connectivity index (χ1) is 12.4. The predicted molar refractivity (Wildman–Crippen MR) is 97.8 cm³/mol. The SMILES string of the molecule is COc1cccc(CCC(=O)NC(C(=O)O)c2ccc(OC)c(Cl)c2)c1. The van der Waals surface area contributed by atoms with E-state index in [1.54, 1.807) is 19.2 Å². The molecular formula is C19H20ClNO5. The van der Waals surface area contributed by atoms with Gasteiger partial charge in [0.1, 0.15) is 11.5 Å². The predicted octanol–water partition coefficient (Wildman–Crippen LogP) is 3.23. The number of carbonyl (C=O) groups excluding carboxylic acids is 1. The van der Waals surface area contributed by atoms with Crippen LogP contribution in [0.2, 0.25) is 5.02 Å². The molecule has 2 aromatic rings. The van der Waals surface area contributed by atoms with Gasteiger partial charge in [-0.3, -0.25) is 4.79 Å². The number of benzene rings is 2. The molecule has 0 saturated heterocycles. The van der Waals surface area contributed by atoms with Gasteiger partial charge in [-0.1, -0.05) is 29.8 Å². The lowest BCUT2D eigenvalue weighted by Gasteiger charge is -2.16. The number of hydrogen-bond acceptors (Lipinski definition) is 4. The molecule has 1 atom stereocenters. The van der Waals surface area contributed by atoms with Crippen molar-refractivity contribution in [2.45, 2.75) is 18.9 Å². The van der Waals surface area contributed by atoms with Gasteiger partial charge in [-0.25, -0.2) is 4.79 Å². The molecule has 2 rings (SSSR count). The Morgan fingerprint density at radius 1 is 1.15 bits per heavy atom. The normalized spacial score (nSPS) is 11.5. The topological polar surface area (TPSA) is 84.9 Å². The van der Waals surface area contributed by atoms with Crippen LogP contribution in [0.5, 0.6) is 11.5 Å². The van der Waals surface area contributed by atoms with Crippen molar-refractivity contribution < 1.29 is 24.2 Å². The molecule has 1 unspecified atom stereocenters. The third-order valence-electron chi connectivity index (χ3n) is 3.84. The molecule has 2 aromatic carbocycles. The lowest BCUT2D eigenvalue weighted by molar-refractivity contribution is -0.142. The molecule has 0 aliphatic heterocycles. The smallest absolute Gasteiger partial charge is 0.330 e. The van der Waals surface area contributed by atoms with Gasteiger partial charge in [-0.2, -0.15) is 0 Å². The second kappa shape index (κ2) is 9.10. The first-order valence-electron chi connectivity index (χ1n) is 7.93. The van der Waals surface area contributed by atoms with Gasteiger partial charge >= 0.3 is 5.97 Å². The van der Waals surface area contributed by atoms with Gasteiger partial charge in [0.05, 0.1) is 19.2 Å². The van der Waals surface area contributed by atoms with Gasteiger partial charge in [0.15, 0.2) is 6.04 Å². The molecule has 0 aliphatic carbocycles. The summed E-state index contributed by atoms with van der Waals surface area (Å²) in [5.74, 6) is -0.392. The van der Waals surface area contributed by atoms with E-state index in [0.29, 0.717) is 23.5 Å². The summed E-state index contributed by atoms with van der Waals surface area (Å²) in [6.07, 6.45) is 0.625. The van der Waals surface area contributed by atoms with E-state index in [9.17, 15) is 14.7 Å². The molecule has 0 saturated carbocycles. The van der Waals surface area contributed by atoms with Gasteiger partial charge in [0.2, 0.25) is 5.91 Å². The van der Waals surface area contributed by atoms with E-state index in [0.717, 1.165) is 5.56 Å². The van der Waals surface area contributed by atoms with Crippen LogP contribution in [0.25, 0.3) is 0 Å². The highest BCUT2D eigenvalue weighted by molar-refractivity contribution is 6.32. The van der Waals surface area contributed by atoms with E-state index in [-0.39, 0.29) is 17.4 Å². The maximum Gasteiger partial charge on any atom is 0.330 e. The molecule has 6 nitrogen and oxygen atoms in total. The minimum absolute atomic E-state index is 0.154. The van der Waals surface area contributed by atoms with Crippen LogP contribution < -0.4 is 14.8 Å². The fourth-order valence-corrected chi connectivity index (χ4v) is 2.73. The fourth-order valence-electron chi connectivity index (χ4n) is 2.47. The highest BCUT2D eigenvalue weighted by Gasteiger charge is 2.23. The summed E-state index contributed by atoms with van der Waals surface area (Å²) in [7, 11) is 3.04. The number of rotatable bonds is 8. The molecule has 0 heterocycles. The molecule has 0 radical (unpaired) electrons. The number of hydrogen-bond donors (Lipinski definition) is 2. The van der Waals surface area contributed by atoms with Crippen molar-refractivity contribution in [1.29, 1.82) is 0 Å². The number of ether oxygens (including phenoxy) is 2. The van der Waals surface area contributed by atoms with E-state index in [1.165, 1.54) is 13.2 Å². The van der Waals surface area contributed by atoms with E-state index >= 15 is 0 Å². The van der Waals surface area contributed by atoms with Crippen LogP contribution in [-0.4, -0.2) is 31.2 Å². The molecule has 26 heavy (non-hydrogen) atoms. The Kier molecular flexibility index (Phi) is 6.86. The van der Waals surface area contributed by atoms with Gasteiger partial charge in [-0.15, -0.1) is 0 Å². The number of amides is 1. The van der Waals surface area contributed by atoms with E-state index in [1.807, 2.05) is 24.3 Å². The average Bonchev–Trinajstić information content (AvgIpc) is 2.64. The summed E-state index contributed by atoms with van der Waals surface area (Å²) in [4.78, 5) is 23.8. The number of carbonyl (C=O) groups is 2. The number of aliphatic carboxylic acids is 1. The Morgan fingerprint density at radius 2 is 1.92 bits per heavy atom. The number of nitrogens with one attached hydrogen (secondary N) is 1. The standard InChI is InChI=1S/C19H20ClNO5/c1-25-14-5-3-4-12(10-14)6-9-17(22)21-18(19(23)24)13-7-8-16(26-2)15(20)11-13/h3-5,7-8,10-11,18H,6,9H2,1-2H3,(H,21,22)(H,23,24). The first kappa shape index (κ1) is 19.6. The number of carboxylic acid groups (broad SMARTS) is 1. The zero-order chi connectivity index (χ0) is 19.1. The Hall–Kier alpha value is -2.73. The fraction of sp³-hybridized carbons (Fsp3) is 0.263. The van der Waals surface area contributed by atoms with Crippen LogP contribution >= 0.6 is 11.6 Å². The summed E-state index contributed by atoms with van der Waals surface area (Å²) < 4.78 is 10.2. The van der Waals surface area contributed by atoms with Crippen LogP contribution in [0.1, 0.15) is 23.6 Å². The maximum atomic E-state index is 12.2. The Bertz CT molecular complexity index is 793. The van der Waals surface area contributed by atoms with Crippen molar-refractivity contribution in [3.8, 4) is 11.5 Å². The van der Waals surface area contributed by atoms with Gasteiger partial charge < -0.3 is 19.9 Å². The van der Waals surface area contributed by atoms with Crippen molar-refractivity contribution >= 4 is 23.5 Å². The maximum absolute atomic E-state index is 12.2. The summed E-state index contributed by atoms with van der Waals surface area (Å²) >= 11 is 6.04. The quantitative estimate of drug-likeness (QED) is 0.737. The molecule has 0 aromatic heterocycles. The molecule has 7 heteroatoms. The lowest BCUT2D eigenvalue weighted by atomic mass is 10.1. The van der Waals surface area contributed by atoms with Crippen molar-refractivity contribution in [3.63, 3.8) is 0 Å². The summed E-state index contributed by atoms with van der Waals surface area (Å²) in [5, 5.41) is 12.2. The van der Waals surface area contributed by atoms with E-state index < -0.39 is 12.0 Å². The van der Waals surface area contributed by atoms with Crippen molar-refractivity contribution in [2.75, 3.05) is 14.2 Å². The number of methoxy groups -OCH3 is 2. The Labute approximate surface area is 156 Å². The minimum atomic E-state index is -1.18. The second-order valence-electron chi connectivity index (χ2n) is 5.58. The monoisotopic (exact) mass is 377 g/mol. The number of aryl methyl sites for hydroxylation is 1. The molecule has 0 spiro atoms. The number of halogens is 1. The van der Waals surface area contributed by atoms with E-state index in [4.69, 9.17) is 21.1 Å². The Morgan fingerprint density at radius 3 is 2.54 bits per heavy atom. The third kappa shape index (κ3) is 5.13. The highest BCUT2D eigenvalue weighted by atomic mass is 35.5. The van der Waals surface area contributed by atoms with Gasteiger partial charge in [0.25, 0.3) is 0 Å². The average molecular weight is 378 g/mol. The molecule has 138 valence electrons. The first-order valence-corrected chi connectivity index (χ1v) is 8.31. The van der Waals surface area contributed by atoms with Gasteiger partial charge in [0, 0.05) is 6.42 Å². The molecule has 0 aliphatic rings. The van der Waals surface area contributed by atoms with Crippen molar-refractivity contribution in [3.05, 3.63) is 58.6 Å². The summed E-state index contributed by atoms with van der Waals surface area (Å²) in [6, 6.07) is 10.8. The molecule has 1 amide bonds. The molecule has 0 bridgehead atoms. The highest BCUT2D eigenvalue weighted by Crippen LogP contribution is 2.28. The van der Waals surface area contributed by atoms with Crippen molar-refractivity contribution in [1.82, 2.24) is 5.32 Å². The summed E-state index contributed by atoms with van der Waals surface area (Å²) in [6.45, 7) is 0. The third-order valence-corrected chi connectivity index (χ3v) is 4.13. The van der Waals surface area contributed by atoms with Crippen LogP contribution in [0.4, 0.5) is 0 Å². The summed E-state index contributed by atoms with van der Waals surface area (Å²) in [5.41, 5.74) is 1.30. The molecule has 0 fully saturated rings. The molecule has 2 N–H and O–H groups in total. The number of carboxylic acids is 1. The zero-order valence-electron chi connectivity index (χ0n) is 14.5. The van der Waals surface area contributed by atoms with Crippen LogP contribution in [0, 0.1) is 0 Å². The van der Waals surface area contributed by atoms with Crippen molar-refractivity contribution in [2.24, 2.45) is 0 Å². The van der Waals surface area contributed by atoms with Crippen LogP contribution in [0.15, 0.2) is 42.5 Å².